The summed E-state index contributed by atoms with van der Waals surface area (Å²) < 4.78 is 2.39. The minimum absolute atomic E-state index is 0.266. The molecule has 0 aliphatic heterocycles. The van der Waals surface area contributed by atoms with Crippen LogP contribution in [0.25, 0.3) is 21.8 Å². The lowest BCUT2D eigenvalue weighted by molar-refractivity contribution is 0.666. The predicted molar refractivity (Wildman–Crippen MR) is 87.1 cm³/mol. The molecule has 1 aromatic heterocycles. The first-order valence-electron chi connectivity index (χ1n) is 7.46. The van der Waals surface area contributed by atoms with Crippen molar-refractivity contribution in [1.29, 1.82) is 0 Å². The van der Waals surface area contributed by atoms with Gasteiger partial charge in [0.2, 0.25) is 0 Å². The molecule has 3 aromatic rings. The predicted octanol–water partition coefficient (Wildman–Crippen LogP) is 4.09. The minimum Gasteiger partial charge on any atom is -0.341 e. The molecule has 20 heavy (non-hydrogen) atoms. The van der Waals surface area contributed by atoms with Crippen LogP contribution in [0.5, 0.6) is 0 Å². The molecule has 0 spiro atoms. The Labute approximate surface area is 120 Å². The number of hydrogen-bond acceptors (Lipinski definition) is 1. The van der Waals surface area contributed by atoms with Crippen LogP contribution in [0.3, 0.4) is 0 Å². The number of hydrogen-bond donors (Lipinski definition) is 1. The number of aryl methyl sites for hydroxylation is 2. The summed E-state index contributed by atoms with van der Waals surface area (Å²) in [6.07, 6.45) is 2.09. The van der Waals surface area contributed by atoms with Crippen LogP contribution in [0.2, 0.25) is 0 Å². The molecule has 0 fully saturated rings. The van der Waals surface area contributed by atoms with E-state index >= 15 is 0 Å². The van der Waals surface area contributed by atoms with Crippen LogP contribution < -0.4 is 5.73 Å². The molecule has 2 nitrogen and oxygen atoms in total. The zero-order valence-electron chi connectivity index (χ0n) is 12.3. The molecule has 1 atom stereocenters. The van der Waals surface area contributed by atoms with Crippen molar-refractivity contribution >= 4 is 21.8 Å². The molecule has 0 radical (unpaired) electrons. The highest BCUT2D eigenvalue weighted by atomic mass is 15.0. The van der Waals surface area contributed by atoms with E-state index in [1.165, 1.54) is 27.4 Å². The molecule has 3 rings (SSSR count). The molecule has 2 N–H and O–H groups in total. The third kappa shape index (κ3) is 2.20. The quantitative estimate of drug-likeness (QED) is 0.757. The summed E-state index contributed by atoms with van der Waals surface area (Å²) in [6, 6.07) is 15.8. The number of rotatable bonds is 4. The van der Waals surface area contributed by atoms with E-state index in [1.54, 1.807) is 0 Å². The van der Waals surface area contributed by atoms with Crippen molar-refractivity contribution in [3.63, 3.8) is 0 Å². The van der Waals surface area contributed by atoms with E-state index in [2.05, 4.69) is 60.9 Å². The second kappa shape index (κ2) is 5.29. The first-order valence-corrected chi connectivity index (χ1v) is 7.46. The number of para-hydroxylation sites is 1. The van der Waals surface area contributed by atoms with Crippen LogP contribution in [0.4, 0.5) is 0 Å². The van der Waals surface area contributed by atoms with E-state index in [9.17, 15) is 0 Å². The van der Waals surface area contributed by atoms with Gasteiger partial charge in [0.25, 0.3) is 0 Å². The Morgan fingerprint density at radius 2 is 1.80 bits per heavy atom. The van der Waals surface area contributed by atoms with E-state index in [1.807, 2.05) is 0 Å². The van der Waals surface area contributed by atoms with Gasteiger partial charge in [0.05, 0.1) is 0 Å². The molecule has 0 aliphatic carbocycles. The van der Waals surface area contributed by atoms with Gasteiger partial charge in [-0.2, -0.15) is 0 Å². The van der Waals surface area contributed by atoms with Crippen molar-refractivity contribution < 1.29 is 0 Å². The maximum Gasteiger partial charge on any atom is 0.0491 e. The number of nitrogens with zero attached hydrogens (tertiary/aromatic N) is 1. The fourth-order valence-electron chi connectivity index (χ4n) is 2.99. The Hall–Kier alpha value is -1.80. The van der Waals surface area contributed by atoms with E-state index < -0.39 is 0 Å². The van der Waals surface area contributed by atoms with E-state index in [-0.39, 0.29) is 6.04 Å². The fourth-order valence-corrected chi connectivity index (χ4v) is 2.99. The molecule has 1 unspecified atom stereocenters. The molecule has 0 amide bonds. The van der Waals surface area contributed by atoms with Gasteiger partial charge in [-0.25, -0.2) is 0 Å². The summed E-state index contributed by atoms with van der Waals surface area (Å²) in [5.74, 6) is 0. The summed E-state index contributed by atoms with van der Waals surface area (Å²) in [7, 11) is 0. The van der Waals surface area contributed by atoms with Gasteiger partial charge in [0.1, 0.15) is 0 Å². The van der Waals surface area contributed by atoms with Crippen molar-refractivity contribution in [2.24, 2.45) is 5.73 Å². The SMILES string of the molecule is CCn1c2ccccc2c2cc(CCC(C)N)ccc21. The zero-order valence-corrected chi connectivity index (χ0v) is 12.3. The molecular formula is C18H22N2. The average Bonchev–Trinajstić information content (AvgIpc) is 2.78. The van der Waals surface area contributed by atoms with Crippen LogP contribution in [0.1, 0.15) is 25.8 Å². The summed E-state index contributed by atoms with van der Waals surface area (Å²) >= 11 is 0. The Bertz CT molecular complexity index is 738. The van der Waals surface area contributed by atoms with Crippen LogP contribution in [-0.2, 0) is 13.0 Å². The lowest BCUT2D eigenvalue weighted by Gasteiger charge is -2.06. The number of fused-ring (bicyclic) bond motifs is 3. The molecular weight excluding hydrogens is 244 g/mol. The smallest absolute Gasteiger partial charge is 0.0491 e. The molecule has 0 saturated heterocycles. The number of aromatic nitrogens is 1. The lowest BCUT2D eigenvalue weighted by atomic mass is 10.0. The third-order valence-electron chi connectivity index (χ3n) is 4.04. The van der Waals surface area contributed by atoms with Crippen molar-refractivity contribution in [3.05, 3.63) is 48.0 Å². The number of benzene rings is 2. The second-order valence-electron chi connectivity index (χ2n) is 5.63. The summed E-state index contributed by atoms with van der Waals surface area (Å²) in [5, 5.41) is 2.72. The average molecular weight is 266 g/mol. The molecule has 1 heterocycles. The van der Waals surface area contributed by atoms with E-state index in [4.69, 9.17) is 5.73 Å². The van der Waals surface area contributed by atoms with Gasteiger partial charge < -0.3 is 10.3 Å². The third-order valence-corrected chi connectivity index (χ3v) is 4.04. The Morgan fingerprint density at radius 1 is 1.05 bits per heavy atom. The minimum atomic E-state index is 0.266. The van der Waals surface area contributed by atoms with Crippen LogP contribution in [0, 0.1) is 0 Å². The van der Waals surface area contributed by atoms with Gasteiger partial charge in [-0.3, -0.25) is 0 Å². The van der Waals surface area contributed by atoms with Gasteiger partial charge in [-0.05, 0) is 50.5 Å². The normalized spacial score (nSPS) is 13.2. The topological polar surface area (TPSA) is 30.9 Å². The summed E-state index contributed by atoms with van der Waals surface area (Å²) in [4.78, 5) is 0. The Morgan fingerprint density at radius 3 is 2.55 bits per heavy atom. The molecule has 0 bridgehead atoms. The molecule has 2 aromatic carbocycles. The highest BCUT2D eigenvalue weighted by Crippen LogP contribution is 2.29. The zero-order chi connectivity index (χ0) is 14.1. The molecule has 2 heteroatoms. The van der Waals surface area contributed by atoms with Crippen molar-refractivity contribution in [1.82, 2.24) is 4.57 Å². The van der Waals surface area contributed by atoms with Crippen molar-refractivity contribution in [2.75, 3.05) is 0 Å². The lowest BCUT2D eigenvalue weighted by Crippen LogP contribution is -2.15. The highest BCUT2D eigenvalue weighted by molar-refractivity contribution is 6.08. The molecule has 104 valence electrons. The largest absolute Gasteiger partial charge is 0.341 e. The Balaban J connectivity index is 2.16. The fraction of sp³-hybridized carbons (Fsp3) is 0.333. The van der Waals surface area contributed by atoms with Crippen LogP contribution >= 0.6 is 0 Å². The Kier molecular flexibility index (Phi) is 3.49. The summed E-state index contributed by atoms with van der Waals surface area (Å²) in [6.45, 7) is 5.28. The maximum atomic E-state index is 5.86. The van der Waals surface area contributed by atoms with Gasteiger partial charge >= 0.3 is 0 Å². The summed E-state index contributed by atoms with van der Waals surface area (Å²) in [5.41, 5.74) is 9.91. The number of nitrogens with two attached hydrogens (primary N) is 1. The molecule has 0 saturated carbocycles. The highest BCUT2D eigenvalue weighted by Gasteiger charge is 2.09. The second-order valence-corrected chi connectivity index (χ2v) is 5.63. The van der Waals surface area contributed by atoms with Crippen LogP contribution in [0.15, 0.2) is 42.5 Å². The monoisotopic (exact) mass is 266 g/mol. The van der Waals surface area contributed by atoms with Gasteiger partial charge in [-0.1, -0.05) is 24.3 Å². The standard InChI is InChI=1S/C18H22N2/c1-3-20-17-7-5-4-6-15(17)16-12-14(9-8-13(2)19)10-11-18(16)20/h4-7,10-13H,3,8-9,19H2,1-2H3. The van der Waals surface area contributed by atoms with Crippen LogP contribution in [-0.4, -0.2) is 10.6 Å². The van der Waals surface area contributed by atoms with Gasteiger partial charge in [-0.15, -0.1) is 0 Å². The van der Waals surface area contributed by atoms with Gasteiger partial charge in [0.15, 0.2) is 0 Å². The molecule has 0 aliphatic rings. The first kappa shape index (κ1) is 13.2. The first-order chi connectivity index (χ1) is 9.70. The maximum absolute atomic E-state index is 5.86. The van der Waals surface area contributed by atoms with Crippen molar-refractivity contribution in [2.45, 2.75) is 39.3 Å². The van der Waals surface area contributed by atoms with Gasteiger partial charge in [0, 0.05) is 34.4 Å². The van der Waals surface area contributed by atoms with E-state index in [0.29, 0.717) is 0 Å². The van der Waals surface area contributed by atoms with E-state index in [0.717, 1.165) is 19.4 Å². The van der Waals surface area contributed by atoms with Crippen molar-refractivity contribution in [3.8, 4) is 0 Å².